The van der Waals surface area contributed by atoms with Gasteiger partial charge in [0.15, 0.2) is 0 Å². The summed E-state index contributed by atoms with van der Waals surface area (Å²) in [6, 6.07) is 14.6. The third-order valence-corrected chi connectivity index (χ3v) is 5.27. The number of hydrogen-bond acceptors (Lipinski definition) is 7. The lowest BCUT2D eigenvalue weighted by Gasteiger charge is -2.10. The first-order valence-electron chi connectivity index (χ1n) is 8.87. The van der Waals surface area contributed by atoms with E-state index in [1.165, 1.54) is 18.4 Å². The van der Waals surface area contributed by atoms with Crippen molar-refractivity contribution in [1.29, 1.82) is 0 Å². The molecule has 0 aliphatic heterocycles. The monoisotopic (exact) mass is 407 g/mol. The van der Waals surface area contributed by atoms with Crippen LogP contribution in [-0.4, -0.2) is 24.0 Å². The minimum Gasteiger partial charge on any atom is -0.465 e. The Morgan fingerprint density at radius 3 is 2.55 bits per heavy atom. The van der Waals surface area contributed by atoms with Crippen LogP contribution in [0.25, 0.3) is 21.5 Å². The molecule has 7 heteroatoms. The molecule has 6 nitrogen and oxygen atoms in total. The molecule has 4 aromatic rings. The molecule has 0 amide bonds. The molecule has 0 saturated carbocycles. The predicted molar refractivity (Wildman–Crippen MR) is 109 cm³/mol. The SMILES string of the molecule is COC(=O)c1cc2ccccc2cc1OC(=O)Cc1nc(-c2cccs2)oc1C. The lowest BCUT2D eigenvalue weighted by Crippen LogP contribution is -2.15. The predicted octanol–water partition coefficient (Wildman–Crippen LogP) is 4.80. The van der Waals surface area contributed by atoms with Gasteiger partial charge < -0.3 is 13.9 Å². The number of ether oxygens (including phenoxy) is 2. The number of methoxy groups -OCH3 is 1. The summed E-state index contributed by atoms with van der Waals surface area (Å²) in [7, 11) is 1.29. The van der Waals surface area contributed by atoms with Crippen LogP contribution in [0.4, 0.5) is 0 Å². The van der Waals surface area contributed by atoms with E-state index in [-0.39, 0.29) is 17.7 Å². The Labute approximate surface area is 170 Å². The quantitative estimate of drug-likeness (QED) is 0.349. The molecule has 0 atom stereocenters. The fraction of sp³-hybridized carbons (Fsp3) is 0.136. The number of aromatic nitrogens is 1. The Hall–Kier alpha value is -3.45. The summed E-state index contributed by atoms with van der Waals surface area (Å²) < 4.78 is 16.0. The number of rotatable bonds is 5. The van der Waals surface area contributed by atoms with Crippen LogP contribution in [-0.2, 0) is 16.0 Å². The number of thiophene rings is 1. The molecule has 0 unspecified atom stereocenters. The van der Waals surface area contributed by atoms with E-state index in [2.05, 4.69) is 4.98 Å². The van der Waals surface area contributed by atoms with Crippen molar-refractivity contribution in [2.24, 2.45) is 0 Å². The molecule has 4 rings (SSSR count). The van der Waals surface area contributed by atoms with Gasteiger partial charge in [-0.25, -0.2) is 9.78 Å². The van der Waals surface area contributed by atoms with Crippen molar-refractivity contribution in [3.05, 3.63) is 70.9 Å². The second kappa shape index (κ2) is 7.89. The smallest absolute Gasteiger partial charge is 0.341 e. The number of carbonyl (C=O) groups is 2. The fourth-order valence-electron chi connectivity index (χ4n) is 2.97. The van der Waals surface area contributed by atoms with E-state index in [0.29, 0.717) is 17.3 Å². The van der Waals surface area contributed by atoms with E-state index in [4.69, 9.17) is 13.9 Å². The maximum Gasteiger partial charge on any atom is 0.341 e. The van der Waals surface area contributed by atoms with Crippen LogP contribution in [0.15, 0.2) is 58.3 Å². The van der Waals surface area contributed by atoms with Gasteiger partial charge in [0.2, 0.25) is 5.89 Å². The molecule has 29 heavy (non-hydrogen) atoms. The molecule has 146 valence electrons. The number of oxazole rings is 1. The van der Waals surface area contributed by atoms with Crippen molar-refractivity contribution >= 4 is 34.0 Å². The second-order valence-electron chi connectivity index (χ2n) is 6.34. The molecule has 0 aliphatic carbocycles. The molecule has 2 aromatic carbocycles. The first-order chi connectivity index (χ1) is 14.0. The van der Waals surface area contributed by atoms with Crippen molar-refractivity contribution in [3.63, 3.8) is 0 Å². The zero-order chi connectivity index (χ0) is 20.4. The summed E-state index contributed by atoms with van der Waals surface area (Å²) in [6.45, 7) is 1.75. The van der Waals surface area contributed by atoms with Crippen molar-refractivity contribution in [3.8, 4) is 16.5 Å². The highest BCUT2D eigenvalue weighted by molar-refractivity contribution is 7.13. The van der Waals surface area contributed by atoms with E-state index in [1.807, 2.05) is 41.8 Å². The maximum absolute atomic E-state index is 12.6. The van der Waals surface area contributed by atoms with Crippen molar-refractivity contribution in [1.82, 2.24) is 4.98 Å². The summed E-state index contributed by atoms with van der Waals surface area (Å²) in [5.74, 6) is 0.0641. The standard InChI is InChI=1S/C22H17NO5S/c1-13-17(23-21(27-13)19-8-5-9-29-19)12-20(24)28-18-11-15-7-4-3-6-14(15)10-16(18)22(25)26-2/h3-11H,12H2,1-2H3. The molecule has 0 aliphatic rings. The summed E-state index contributed by atoms with van der Waals surface area (Å²) in [6.07, 6.45) is -0.0752. The number of fused-ring (bicyclic) bond motifs is 1. The first-order valence-corrected chi connectivity index (χ1v) is 9.75. The normalized spacial score (nSPS) is 10.8. The second-order valence-corrected chi connectivity index (χ2v) is 7.28. The summed E-state index contributed by atoms with van der Waals surface area (Å²) >= 11 is 1.50. The average molecular weight is 407 g/mol. The number of benzene rings is 2. The van der Waals surface area contributed by atoms with Crippen LogP contribution >= 0.6 is 11.3 Å². The minimum absolute atomic E-state index is 0.0752. The van der Waals surface area contributed by atoms with Gasteiger partial charge in [-0.3, -0.25) is 4.79 Å². The van der Waals surface area contributed by atoms with Gasteiger partial charge in [0, 0.05) is 0 Å². The Kier molecular flexibility index (Phi) is 5.14. The molecule has 0 fully saturated rings. The number of esters is 2. The van der Waals surface area contributed by atoms with Crippen LogP contribution < -0.4 is 4.74 Å². The third-order valence-electron chi connectivity index (χ3n) is 4.41. The van der Waals surface area contributed by atoms with Gasteiger partial charge >= 0.3 is 11.9 Å². The van der Waals surface area contributed by atoms with Gasteiger partial charge in [-0.1, -0.05) is 30.3 Å². The number of carbonyl (C=O) groups excluding carboxylic acids is 2. The first kappa shape index (κ1) is 18.9. The fourth-order valence-corrected chi connectivity index (χ4v) is 3.62. The Morgan fingerprint density at radius 1 is 1.10 bits per heavy atom. The molecule has 0 spiro atoms. The molecule has 0 radical (unpaired) electrons. The number of nitrogens with zero attached hydrogens (tertiary/aromatic N) is 1. The largest absolute Gasteiger partial charge is 0.465 e. The lowest BCUT2D eigenvalue weighted by molar-refractivity contribution is -0.133. The molecule has 2 heterocycles. The number of aryl methyl sites for hydroxylation is 1. The van der Waals surface area contributed by atoms with Gasteiger partial charge in [-0.2, -0.15) is 0 Å². The topological polar surface area (TPSA) is 78.6 Å². The van der Waals surface area contributed by atoms with Gasteiger partial charge in [0.05, 0.1) is 24.1 Å². The minimum atomic E-state index is -0.573. The zero-order valence-corrected chi connectivity index (χ0v) is 16.6. The van der Waals surface area contributed by atoms with E-state index >= 15 is 0 Å². The molecule has 2 aromatic heterocycles. The van der Waals surface area contributed by atoms with Crippen LogP contribution in [0.5, 0.6) is 5.75 Å². The average Bonchev–Trinajstić information content (AvgIpc) is 3.37. The maximum atomic E-state index is 12.6. The van der Waals surface area contributed by atoms with Crippen molar-refractivity contribution < 1.29 is 23.5 Å². The summed E-state index contributed by atoms with van der Waals surface area (Å²) in [5, 5.41) is 3.62. The highest BCUT2D eigenvalue weighted by atomic mass is 32.1. The molecular weight excluding hydrogens is 390 g/mol. The van der Waals surface area contributed by atoms with Gasteiger partial charge in [0.1, 0.15) is 17.1 Å². The summed E-state index contributed by atoms with van der Waals surface area (Å²) in [5.41, 5.74) is 0.689. The van der Waals surface area contributed by atoms with Crippen LogP contribution in [0.3, 0.4) is 0 Å². The Balaban J connectivity index is 1.60. The molecular formula is C22H17NO5S. The van der Waals surface area contributed by atoms with Gasteiger partial charge in [-0.15, -0.1) is 11.3 Å². The van der Waals surface area contributed by atoms with Crippen LogP contribution in [0.2, 0.25) is 0 Å². The zero-order valence-electron chi connectivity index (χ0n) is 15.8. The van der Waals surface area contributed by atoms with E-state index < -0.39 is 11.9 Å². The van der Waals surface area contributed by atoms with Gasteiger partial charge in [0.25, 0.3) is 0 Å². The Morgan fingerprint density at radius 2 is 1.86 bits per heavy atom. The lowest BCUT2D eigenvalue weighted by atomic mass is 10.1. The summed E-state index contributed by atoms with van der Waals surface area (Å²) in [4.78, 5) is 30.0. The highest BCUT2D eigenvalue weighted by Gasteiger charge is 2.20. The van der Waals surface area contributed by atoms with Gasteiger partial charge in [-0.05, 0) is 41.3 Å². The van der Waals surface area contributed by atoms with E-state index in [1.54, 1.807) is 19.1 Å². The third kappa shape index (κ3) is 3.90. The Bertz CT molecular complexity index is 1190. The highest BCUT2D eigenvalue weighted by Crippen LogP contribution is 2.29. The van der Waals surface area contributed by atoms with Crippen molar-refractivity contribution in [2.45, 2.75) is 13.3 Å². The molecule has 0 saturated heterocycles. The van der Waals surface area contributed by atoms with E-state index in [9.17, 15) is 9.59 Å². The van der Waals surface area contributed by atoms with Crippen LogP contribution in [0, 0.1) is 6.92 Å². The molecule has 0 N–H and O–H groups in total. The molecule has 0 bridgehead atoms. The van der Waals surface area contributed by atoms with Crippen LogP contribution in [0.1, 0.15) is 21.8 Å². The number of hydrogen-bond donors (Lipinski definition) is 0. The van der Waals surface area contributed by atoms with Crippen molar-refractivity contribution in [2.75, 3.05) is 7.11 Å². The van der Waals surface area contributed by atoms with E-state index in [0.717, 1.165) is 15.6 Å².